The summed E-state index contributed by atoms with van der Waals surface area (Å²) >= 11 is 0. The molecule has 1 heterocycles. The number of phenols is 2. The highest BCUT2D eigenvalue weighted by molar-refractivity contribution is 6.01. The van der Waals surface area contributed by atoms with Crippen LogP contribution in [0.3, 0.4) is 0 Å². The van der Waals surface area contributed by atoms with Crippen LogP contribution in [0, 0.1) is 17.5 Å². The molecule has 4 nitrogen and oxygen atoms in total. The van der Waals surface area contributed by atoms with Crippen molar-refractivity contribution in [1.82, 2.24) is 4.90 Å². The van der Waals surface area contributed by atoms with Crippen LogP contribution in [0.5, 0.6) is 11.5 Å². The zero-order chi connectivity index (χ0) is 16.0. The first-order chi connectivity index (χ1) is 10.4. The first-order valence-corrected chi connectivity index (χ1v) is 6.35. The molecule has 7 heteroatoms. The minimum absolute atomic E-state index is 0.0388. The van der Waals surface area contributed by atoms with Crippen LogP contribution in [0.15, 0.2) is 24.3 Å². The van der Waals surface area contributed by atoms with Gasteiger partial charge in [-0.05, 0) is 29.3 Å². The van der Waals surface area contributed by atoms with E-state index in [2.05, 4.69) is 0 Å². The summed E-state index contributed by atoms with van der Waals surface area (Å²) in [5, 5.41) is 19.1. The molecule has 0 radical (unpaired) electrons. The van der Waals surface area contributed by atoms with E-state index in [-0.39, 0.29) is 24.2 Å². The number of benzene rings is 2. The quantitative estimate of drug-likeness (QED) is 0.662. The number of carbonyl (C=O) groups excluding carboxylic acids is 1. The van der Waals surface area contributed by atoms with Crippen molar-refractivity contribution in [3.63, 3.8) is 0 Å². The summed E-state index contributed by atoms with van der Waals surface area (Å²) in [6.07, 6.45) is 0. The first-order valence-electron chi connectivity index (χ1n) is 6.35. The van der Waals surface area contributed by atoms with Gasteiger partial charge in [0, 0.05) is 13.1 Å². The fourth-order valence-corrected chi connectivity index (χ4v) is 2.48. The molecule has 2 aromatic rings. The molecule has 22 heavy (non-hydrogen) atoms. The Morgan fingerprint density at radius 2 is 1.73 bits per heavy atom. The molecule has 0 unspecified atom stereocenters. The number of carbonyl (C=O) groups is 1. The molecular weight excluding hydrogens is 299 g/mol. The minimum atomic E-state index is -1.57. The van der Waals surface area contributed by atoms with Crippen molar-refractivity contribution in [2.24, 2.45) is 0 Å². The molecule has 0 saturated carbocycles. The van der Waals surface area contributed by atoms with Gasteiger partial charge in [0.15, 0.2) is 29.0 Å². The summed E-state index contributed by atoms with van der Waals surface area (Å²) in [6.45, 7) is -0.0372. The molecule has 2 N–H and O–H groups in total. The van der Waals surface area contributed by atoms with Gasteiger partial charge in [-0.1, -0.05) is 6.07 Å². The molecule has 1 aliphatic rings. The second-order valence-electron chi connectivity index (χ2n) is 5.00. The van der Waals surface area contributed by atoms with Gasteiger partial charge >= 0.3 is 0 Å². The van der Waals surface area contributed by atoms with Crippen LogP contribution in [0.25, 0.3) is 0 Å². The Morgan fingerprint density at radius 3 is 2.36 bits per heavy atom. The van der Waals surface area contributed by atoms with Gasteiger partial charge in [-0.2, -0.15) is 0 Å². The van der Waals surface area contributed by atoms with E-state index in [1.54, 1.807) is 0 Å². The highest BCUT2D eigenvalue weighted by Gasteiger charge is 2.31. The van der Waals surface area contributed by atoms with E-state index in [4.69, 9.17) is 0 Å². The fraction of sp³-hybridized carbons (Fsp3) is 0.133. The zero-order valence-electron chi connectivity index (χ0n) is 11.1. The molecule has 0 spiro atoms. The van der Waals surface area contributed by atoms with Crippen molar-refractivity contribution in [1.29, 1.82) is 0 Å². The fourth-order valence-electron chi connectivity index (χ4n) is 2.48. The Labute approximate surface area is 123 Å². The lowest BCUT2D eigenvalue weighted by molar-refractivity contribution is 0.0763. The Kier molecular flexibility index (Phi) is 3.20. The maximum absolute atomic E-state index is 13.2. The van der Waals surface area contributed by atoms with Gasteiger partial charge in [0.2, 0.25) is 0 Å². The van der Waals surface area contributed by atoms with Gasteiger partial charge in [-0.15, -0.1) is 0 Å². The Morgan fingerprint density at radius 1 is 1.09 bits per heavy atom. The second-order valence-corrected chi connectivity index (χ2v) is 5.00. The topological polar surface area (TPSA) is 60.8 Å². The van der Waals surface area contributed by atoms with Crippen LogP contribution in [-0.2, 0) is 13.1 Å². The standard InChI is InChI=1S/C15H10F3NO3/c16-9-3-7(4-10(17)13(9)18)5-19-6-8-1-2-11(20)14(21)12(8)15(19)22/h1-4,20-21H,5-6H2. The van der Waals surface area contributed by atoms with Crippen molar-refractivity contribution >= 4 is 5.91 Å². The number of amides is 1. The average Bonchev–Trinajstić information content (AvgIpc) is 2.77. The third-order valence-corrected chi connectivity index (χ3v) is 3.52. The average molecular weight is 309 g/mol. The molecule has 2 aromatic carbocycles. The highest BCUT2D eigenvalue weighted by atomic mass is 19.2. The van der Waals surface area contributed by atoms with Gasteiger partial charge in [-0.25, -0.2) is 13.2 Å². The summed E-state index contributed by atoms with van der Waals surface area (Å²) < 4.78 is 39.3. The smallest absolute Gasteiger partial charge is 0.258 e. The summed E-state index contributed by atoms with van der Waals surface area (Å²) in [5.41, 5.74) is 0.535. The summed E-state index contributed by atoms with van der Waals surface area (Å²) in [6, 6.07) is 4.36. The number of hydrogen-bond donors (Lipinski definition) is 2. The van der Waals surface area contributed by atoms with Gasteiger partial charge in [0.05, 0.1) is 5.56 Å². The third-order valence-electron chi connectivity index (χ3n) is 3.52. The van der Waals surface area contributed by atoms with Crippen molar-refractivity contribution in [2.75, 3.05) is 0 Å². The molecule has 0 bridgehead atoms. The normalized spacial score (nSPS) is 13.6. The molecule has 0 aromatic heterocycles. The molecule has 0 saturated heterocycles. The predicted molar refractivity (Wildman–Crippen MR) is 69.7 cm³/mol. The van der Waals surface area contributed by atoms with E-state index in [0.717, 1.165) is 12.1 Å². The number of aromatic hydroxyl groups is 2. The van der Waals surface area contributed by atoms with E-state index in [1.165, 1.54) is 17.0 Å². The van der Waals surface area contributed by atoms with Crippen molar-refractivity contribution < 1.29 is 28.2 Å². The van der Waals surface area contributed by atoms with Crippen LogP contribution in [0.1, 0.15) is 21.5 Å². The van der Waals surface area contributed by atoms with Gasteiger partial charge in [-0.3, -0.25) is 4.79 Å². The van der Waals surface area contributed by atoms with Crippen molar-refractivity contribution in [3.8, 4) is 11.5 Å². The lowest BCUT2D eigenvalue weighted by Gasteiger charge is -2.16. The van der Waals surface area contributed by atoms with Crippen molar-refractivity contribution in [3.05, 3.63) is 58.4 Å². The van der Waals surface area contributed by atoms with E-state index >= 15 is 0 Å². The molecule has 0 atom stereocenters. The molecule has 1 amide bonds. The van der Waals surface area contributed by atoms with Gasteiger partial charge < -0.3 is 15.1 Å². The minimum Gasteiger partial charge on any atom is -0.504 e. The number of phenolic OH excluding ortho intramolecular Hbond substituents is 2. The molecule has 114 valence electrons. The molecular formula is C15H10F3NO3. The third kappa shape index (κ3) is 2.14. The zero-order valence-corrected chi connectivity index (χ0v) is 11.1. The lowest BCUT2D eigenvalue weighted by Crippen LogP contribution is -2.23. The Balaban J connectivity index is 1.90. The van der Waals surface area contributed by atoms with Crippen LogP contribution in [0.4, 0.5) is 13.2 Å². The molecule has 1 aliphatic heterocycles. The Bertz CT molecular complexity index is 769. The maximum Gasteiger partial charge on any atom is 0.258 e. The van der Waals surface area contributed by atoms with Crippen LogP contribution in [0.2, 0.25) is 0 Å². The van der Waals surface area contributed by atoms with Crippen LogP contribution in [-0.4, -0.2) is 21.0 Å². The van der Waals surface area contributed by atoms with E-state index in [1.807, 2.05) is 0 Å². The highest BCUT2D eigenvalue weighted by Crippen LogP contribution is 2.37. The summed E-state index contributed by atoms with van der Waals surface area (Å²) in [4.78, 5) is 13.4. The summed E-state index contributed by atoms with van der Waals surface area (Å²) in [7, 11) is 0. The SMILES string of the molecule is O=C1c2c(ccc(O)c2O)CN1Cc1cc(F)c(F)c(F)c1. The number of halogens is 3. The monoisotopic (exact) mass is 309 g/mol. The first kappa shape index (κ1) is 14.2. The van der Waals surface area contributed by atoms with E-state index < -0.39 is 34.9 Å². The van der Waals surface area contributed by atoms with Gasteiger partial charge in [0.1, 0.15) is 0 Å². The number of hydrogen-bond acceptors (Lipinski definition) is 3. The van der Waals surface area contributed by atoms with Crippen LogP contribution >= 0.6 is 0 Å². The number of fused-ring (bicyclic) bond motifs is 1. The molecule has 3 rings (SSSR count). The van der Waals surface area contributed by atoms with Crippen molar-refractivity contribution in [2.45, 2.75) is 13.1 Å². The largest absolute Gasteiger partial charge is 0.504 e. The predicted octanol–water partition coefficient (Wildman–Crippen LogP) is 2.67. The second kappa shape index (κ2) is 4.94. The molecule has 0 fully saturated rings. The van der Waals surface area contributed by atoms with Gasteiger partial charge in [0.25, 0.3) is 5.91 Å². The van der Waals surface area contributed by atoms with E-state index in [0.29, 0.717) is 5.56 Å². The maximum atomic E-state index is 13.2. The Hall–Kier alpha value is -2.70. The number of nitrogens with zero attached hydrogens (tertiary/aromatic N) is 1. The van der Waals surface area contributed by atoms with E-state index in [9.17, 15) is 28.2 Å². The molecule has 0 aliphatic carbocycles. The number of rotatable bonds is 2. The van der Waals surface area contributed by atoms with Crippen LogP contribution < -0.4 is 0 Å². The summed E-state index contributed by atoms with van der Waals surface area (Å²) in [5.74, 6) is -5.76. The lowest BCUT2D eigenvalue weighted by atomic mass is 10.1.